The summed E-state index contributed by atoms with van der Waals surface area (Å²) in [5.74, 6) is 1.72. The molecule has 0 amide bonds. The molecule has 1 aliphatic carbocycles. The van der Waals surface area contributed by atoms with Gasteiger partial charge in [-0.25, -0.2) is 0 Å². The van der Waals surface area contributed by atoms with Gasteiger partial charge in [-0.05, 0) is 37.0 Å². The van der Waals surface area contributed by atoms with Gasteiger partial charge in [-0.2, -0.15) is 0 Å². The first-order chi connectivity index (χ1) is 9.17. The number of aliphatic hydroxyl groups is 1. The number of nitrogens with two attached hydrogens (primary N) is 1. The highest BCUT2D eigenvalue weighted by atomic mass is 35.5. The quantitative estimate of drug-likeness (QED) is 0.877. The SMILES string of the molecule is COc1ccc(OC)c([C@H](N)[C@H](O)C2CCCC2)c1.Cl. The molecule has 0 spiro atoms. The highest BCUT2D eigenvalue weighted by molar-refractivity contribution is 5.85. The van der Waals surface area contributed by atoms with Crippen molar-refractivity contribution in [1.29, 1.82) is 0 Å². The van der Waals surface area contributed by atoms with Crippen LogP contribution in [0.1, 0.15) is 37.3 Å². The van der Waals surface area contributed by atoms with Crippen molar-refractivity contribution in [2.75, 3.05) is 14.2 Å². The summed E-state index contributed by atoms with van der Waals surface area (Å²) in [5, 5.41) is 10.4. The summed E-state index contributed by atoms with van der Waals surface area (Å²) in [5.41, 5.74) is 7.04. The van der Waals surface area contributed by atoms with Crippen LogP contribution in [-0.2, 0) is 0 Å². The van der Waals surface area contributed by atoms with Gasteiger partial charge in [0.15, 0.2) is 0 Å². The van der Waals surface area contributed by atoms with Crippen LogP contribution in [-0.4, -0.2) is 25.4 Å². The third-order valence-electron chi connectivity index (χ3n) is 4.05. The molecule has 2 rings (SSSR count). The molecule has 1 fully saturated rings. The van der Waals surface area contributed by atoms with Gasteiger partial charge in [0.05, 0.1) is 26.4 Å². The van der Waals surface area contributed by atoms with Crippen molar-refractivity contribution in [2.45, 2.75) is 37.8 Å². The van der Waals surface area contributed by atoms with Gasteiger partial charge in [-0.15, -0.1) is 12.4 Å². The lowest BCUT2D eigenvalue weighted by Crippen LogP contribution is -2.32. The molecule has 0 aliphatic heterocycles. The lowest BCUT2D eigenvalue weighted by Gasteiger charge is -2.26. The molecule has 114 valence electrons. The van der Waals surface area contributed by atoms with E-state index in [1.54, 1.807) is 14.2 Å². The maximum absolute atomic E-state index is 10.4. The number of ether oxygens (including phenoxy) is 2. The van der Waals surface area contributed by atoms with E-state index < -0.39 is 12.1 Å². The Labute approximate surface area is 126 Å². The average molecular weight is 302 g/mol. The minimum absolute atomic E-state index is 0. The predicted molar refractivity (Wildman–Crippen MR) is 81.7 cm³/mol. The van der Waals surface area contributed by atoms with E-state index in [9.17, 15) is 5.11 Å². The van der Waals surface area contributed by atoms with Gasteiger partial charge in [0.1, 0.15) is 11.5 Å². The van der Waals surface area contributed by atoms with Gasteiger partial charge in [0.25, 0.3) is 0 Å². The summed E-state index contributed by atoms with van der Waals surface area (Å²) < 4.78 is 10.5. The molecule has 3 N–H and O–H groups in total. The van der Waals surface area contributed by atoms with Crippen LogP contribution in [0.4, 0.5) is 0 Å². The van der Waals surface area contributed by atoms with E-state index >= 15 is 0 Å². The Kier molecular flexibility index (Phi) is 6.59. The highest BCUT2D eigenvalue weighted by Crippen LogP contribution is 2.36. The largest absolute Gasteiger partial charge is 0.497 e. The Balaban J connectivity index is 0.00000200. The predicted octanol–water partition coefficient (Wildman–Crippen LogP) is 2.68. The normalized spacial score (nSPS) is 18.2. The van der Waals surface area contributed by atoms with Crippen molar-refractivity contribution in [3.8, 4) is 11.5 Å². The van der Waals surface area contributed by atoms with Crippen LogP contribution in [0.2, 0.25) is 0 Å². The second-order valence-corrected chi connectivity index (χ2v) is 5.17. The molecular weight excluding hydrogens is 278 g/mol. The minimum atomic E-state index is -0.525. The van der Waals surface area contributed by atoms with E-state index in [0.29, 0.717) is 11.7 Å². The second-order valence-electron chi connectivity index (χ2n) is 5.17. The summed E-state index contributed by atoms with van der Waals surface area (Å²) in [6.07, 6.45) is 3.96. The Morgan fingerprint density at radius 2 is 1.85 bits per heavy atom. The molecule has 1 aliphatic rings. The Bertz CT molecular complexity index is 422. The summed E-state index contributed by atoms with van der Waals surface area (Å²) in [7, 11) is 3.23. The fourth-order valence-electron chi connectivity index (χ4n) is 2.88. The Morgan fingerprint density at radius 1 is 1.20 bits per heavy atom. The molecule has 0 radical (unpaired) electrons. The van der Waals surface area contributed by atoms with Crippen molar-refractivity contribution in [2.24, 2.45) is 11.7 Å². The lowest BCUT2D eigenvalue weighted by atomic mass is 9.90. The van der Waals surface area contributed by atoms with E-state index in [2.05, 4.69) is 0 Å². The van der Waals surface area contributed by atoms with Crippen LogP contribution in [0.5, 0.6) is 11.5 Å². The molecule has 1 saturated carbocycles. The standard InChI is InChI=1S/C15H23NO3.ClH/c1-18-11-7-8-13(19-2)12(9-11)14(16)15(17)10-5-3-4-6-10;/h7-10,14-15,17H,3-6,16H2,1-2H3;1H/t14-,15+;/m0./s1. The molecule has 0 unspecified atom stereocenters. The topological polar surface area (TPSA) is 64.7 Å². The number of methoxy groups -OCH3 is 2. The summed E-state index contributed by atoms with van der Waals surface area (Å²) in [6, 6.07) is 5.07. The van der Waals surface area contributed by atoms with Crippen molar-refractivity contribution in [1.82, 2.24) is 0 Å². The van der Waals surface area contributed by atoms with Crippen LogP contribution in [0.3, 0.4) is 0 Å². The molecule has 2 atom stereocenters. The summed E-state index contributed by atoms with van der Waals surface area (Å²) >= 11 is 0. The summed E-state index contributed by atoms with van der Waals surface area (Å²) in [6.45, 7) is 0. The molecule has 0 heterocycles. The zero-order valence-corrected chi connectivity index (χ0v) is 12.9. The van der Waals surface area contributed by atoms with E-state index in [1.165, 1.54) is 12.8 Å². The van der Waals surface area contributed by atoms with Crippen LogP contribution in [0.15, 0.2) is 18.2 Å². The molecule has 0 aromatic heterocycles. The molecule has 4 nitrogen and oxygen atoms in total. The van der Waals surface area contributed by atoms with Gasteiger partial charge in [0.2, 0.25) is 0 Å². The number of hydrogen-bond acceptors (Lipinski definition) is 4. The van der Waals surface area contributed by atoms with E-state index in [0.717, 1.165) is 24.2 Å². The average Bonchev–Trinajstić information content (AvgIpc) is 2.99. The van der Waals surface area contributed by atoms with Crippen LogP contribution >= 0.6 is 12.4 Å². The first kappa shape index (κ1) is 17.1. The van der Waals surface area contributed by atoms with E-state index in [-0.39, 0.29) is 12.4 Å². The van der Waals surface area contributed by atoms with Gasteiger partial charge >= 0.3 is 0 Å². The number of aliphatic hydroxyl groups excluding tert-OH is 1. The van der Waals surface area contributed by atoms with Crippen molar-refractivity contribution < 1.29 is 14.6 Å². The number of benzene rings is 1. The van der Waals surface area contributed by atoms with Gasteiger partial charge < -0.3 is 20.3 Å². The number of hydrogen-bond donors (Lipinski definition) is 2. The minimum Gasteiger partial charge on any atom is -0.497 e. The molecule has 0 bridgehead atoms. The molecule has 1 aromatic rings. The fourth-order valence-corrected chi connectivity index (χ4v) is 2.88. The highest BCUT2D eigenvalue weighted by Gasteiger charge is 2.30. The monoisotopic (exact) mass is 301 g/mol. The van der Waals surface area contributed by atoms with E-state index in [1.807, 2.05) is 18.2 Å². The third-order valence-corrected chi connectivity index (χ3v) is 4.05. The van der Waals surface area contributed by atoms with Crippen LogP contribution in [0, 0.1) is 5.92 Å². The third kappa shape index (κ3) is 3.57. The van der Waals surface area contributed by atoms with Crippen molar-refractivity contribution >= 4 is 12.4 Å². The molecule has 0 saturated heterocycles. The molecular formula is C15H24ClNO3. The first-order valence-electron chi connectivity index (χ1n) is 6.83. The van der Waals surface area contributed by atoms with Crippen LogP contribution in [0.25, 0.3) is 0 Å². The van der Waals surface area contributed by atoms with Gasteiger partial charge in [-0.1, -0.05) is 12.8 Å². The Hall–Kier alpha value is -0.970. The van der Waals surface area contributed by atoms with E-state index in [4.69, 9.17) is 15.2 Å². The number of rotatable bonds is 5. The summed E-state index contributed by atoms with van der Waals surface area (Å²) in [4.78, 5) is 0. The first-order valence-corrected chi connectivity index (χ1v) is 6.83. The second kappa shape index (κ2) is 7.72. The Morgan fingerprint density at radius 3 is 2.40 bits per heavy atom. The molecule has 1 aromatic carbocycles. The number of halogens is 1. The maximum Gasteiger partial charge on any atom is 0.123 e. The molecule has 20 heavy (non-hydrogen) atoms. The fraction of sp³-hybridized carbons (Fsp3) is 0.600. The zero-order valence-electron chi connectivity index (χ0n) is 12.0. The lowest BCUT2D eigenvalue weighted by molar-refractivity contribution is 0.0835. The molecule has 5 heteroatoms. The maximum atomic E-state index is 10.4. The van der Waals surface area contributed by atoms with Gasteiger partial charge in [0, 0.05) is 5.56 Å². The van der Waals surface area contributed by atoms with Crippen molar-refractivity contribution in [3.63, 3.8) is 0 Å². The van der Waals surface area contributed by atoms with Crippen molar-refractivity contribution in [3.05, 3.63) is 23.8 Å². The smallest absolute Gasteiger partial charge is 0.123 e. The zero-order chi connectivity index (χ0) is 13.8. The van der Waals surface area contributed by atoms with Crippen LogP contribution < -0.4 is 15.2 Å². The van der Waals surface area contributed by atoms with Gasteiger partial charge in [-0.3, -0.25) is 0 Å².